The number of benzene rings is 2. The molecular weight excluding hydrogens is 220 g/mol. The Morgan fingerprint density at radius 2 is 1.50 bits per heavy atom. The molecule has 1 nitrogen and oxygen atoms in total. The van der Waals surface area contributed by atoms with Crippen LogP contribution in [0, 0.1) is 0 Å². The Labute approximate surface area is 109 Å². The van der Waals surface area contributed by atoms with Crippen LogP contribution >= 0.6 is 0 Å². The Kier molecular flexibility index (Phi) is 4.19. The van der Waals surface area contributed by atoms with Crippen LogP contribution in [0.4, 0.5) is 0 Å². The minimum Gasteiger partial charge on any atom is -0.490 e. The predicted octanol–water partition coefficient (Wildman–Crippen LogP) is 4.64. The quantitative estimate of drug-likeness (QED) is 0.705. The van der Waals surface area contributed by atoms with Crippen LogP contribution < -0.4 is 4.74 Å². The molecule has 0 unspecified atom stereocenters. The van der Waals surface area contributed by atoms with E-state index in [1.54, 1.807) is 0 Å². The molecule has 0 heterocycles. The summed E-state index contributed by atoms with van der Waals surface area (Å²) in [7, 11) is 0. The lowest BCUT2D eigenvalue weighted by Crippen LogP contribution is -2.06. The van der Waals surface area contributed by atoms with Gasteiger partial charge in [0.2, 0.25) is 0 Å². The summed E-state index contributed by atoms with van der Waals surface area (Å²) in [5, 5.41) is 0. The maximum atomic E-state index is 5.78. The standard InChI is InChI=1S/C17H18O/c1-14(2)18-17-11-7-6-10-16(17)13-12-15-8-4-3-5-9-15/h3-14H,1-2H3. The lowest BCUT2D eigenvalue weighted by Gasteiger charge is -2.11. The molecular formula is C17H18O. The molecule has 2 aromatic carbocycles. The summed E-state index contributed by atoms with van der Waals surface area (Å²) in [5.74, 6) is 0.930. The van der Waals surface area contributed by atoms with Gasteiger partial charge in [-0.1, -0.05) is 60.7 Å². The van der Waals surface area contributed by atoms with Crippen molar-refractivity contribution in [1.29, 1.82) is 0 Å². The molecule has 0 atom stereocenters. The fraction of sp³-hybridized carbons (Fsp3) is 0.176. The molecule has 0 saturated heterocycles. The third-order valence-electron chi connectivity index (χ3n) is 2.54. The minimum atomic E-state index is 0.191. The van der Waals surface area contributed by atoms with Crippen molar-refractivity contribution < 1.29 is 4.74 Å². The van der Waals surface area contributed by atoms with Gasteiger partial charge in [-0.25, -0.2) is 0 Å². The molecule has 1 heteroatoms. The lowest BCUT2D eigenvalue weighted by atomic mass is 10.1. The lowest BCUT2D eigenvalue weighted by molar-refractivity contribution is 0.242. The van der Waals surface area contributed by atoms with Gasteiger partial charge >= 0.3 is 0 Å². The van der Waals surface area contributed by atoms with Crippen molar-refractivity contribution in [2.75, 3.05) is 0 Å². The van der Waals surface area contributed by atoms with E-state index in [1.165, 1.54) is 5.56 Å². The average Bonchev–Trinajstić information content (AvgIpc) is 2.38. The predicted molar refractivity (Wildman–Crippen MR) is 77.6 cm³/mol. The van der Waals surface area contributed by atoms with Gasteiger partial charge in [-0.2, -0.15) is 0 Å². The number of hydrogen-bond donors (Lipinski definition) is 0. The molecule has 0 fully saturated rings. The van der Waals surface area contributed by atoms with Crippen LogP contribution in [-0.2, 0) is 0 Å². The van der Waals surface area contributed by atoms with Gasteiger partial charge in [-0.15, -0.1) is 0 Å². The molecule has 2 rings (SSSR count). The molecule has 0 aliphatic rings. The maximum Gasteiger partial charge on any atom is 0.126 e. The normalized spacial score (nSPS) is 11.1. The number of hydrogen-bond acceptors (Lipinski definition) is 1. The van der Waals surface area contributed by atoms with Gasteiger partial charge in [0, 0.05) is 5.56 Å². The van der Waals surface area contributed by atoms with Crippen molar-refractivity contribution in [2.24, 2.45) is 0 Å². The second-order valence-electron chi connectivity index (χ2n) is 4.45. The zero-order valence-electron chi connectivity index (χ0n) is 10.8. The molecule has 0 aliphatic heterocycles. The first-order chi connectivity index (χ1) is 8.75. The third kappa shape index (κ3) is 3.49. The summed E-state index contributed by atoms with van der Waals surface area (Å²) in [5.41, 5.74) is 2.30. The fourth-order valence-corrected chi connectivity index (χ4v) is 1.73. The largest absolute Gasteiger partial charge is 0.490 e. The van der Waals surface area contributed by atoms with Crippen molar-refractivity contribution in [3.63, 3.8) is 0 Å². The highest BCUT2D eigenvalue weighted by Gasteiger charge is 2.01. The van der Waals surface area contributed by atoms with Gasteiger partial charge in [0.15, 0.2) is 0 Å². The Morgan fingerprint density at radius 1 is 0.833 bits per heavy atom. The summed E-state index contributed by atoms with van der Waals surface area (Å²) in [4.78, 5) is 0. The second kappa shape index (κ2) is 6.06. The topological polar surface area (TPSA) is 9.23 Å². The van der Waals surface area contributed by atoms with Gasteiger partial charge in [-0.05, 0) is 25.5 Å². The Balaban J connectivity index is 2.21. The van der Waals surface area contributed by atoms with Crippen molar-refractivity contribution in [2.45, 2.75) is 20.0 Å². The number of para-hydroxylation sites is 1. The third-order valence-corrected chi connectivity index (χ3v) is 2.54. The molecule has 2 aromatic rings. The van der Waals surface area contributed by atoms with E-state index in [0.29, 0.717) is 0 Å². The van der Waals surface area contributed by atoms with E-state index in [9.17, 15) is 0 Å². The zero-order chi connectivity index (χ0) is 12.8. The smallest absolute Gasteiger partial charge is 0.126 e. The second-order valence-corrected chi connectivity index (χ2v) is 4.45. The summed E-state index contributed by atoms with van der Waals surface area (Å²) in [6.07, 6.45) is 4.38. The van der Waals surface area contributed by atoms with E-state index in [2.05, 4.69) is 30.4 Å². The van der Waals surface area contributed by atoms with Crippen LogP contribution in [0.3, 0.4) is 0 Å². The van der Waals surface area contributed by atoms with E-state index in [0.717, 1.165) is 11.3 Å². The van der Waals surface area contributed by atoms with Crippen LogP contribution in [0.5, 0.6) is 5.75 Å². The molecule has 18 heavy (non-hydrogen) atoms. The summed E-state index contributed by atoms with van der Waals surface area (Å²) < 4.78 is 5.78. The van der Waals surface area contributed by atoms with E-state index < -0.39 is 0 Å². The highest BCUT2D eigenvalue weighted by molar-refractivity contribution is 5.72. The van der Waals surface area contributed by atoms with E-state index in [4.69, 9.17) is 4.74 Å². The Morgan fingerprint density at radius 3 is 2.22 bits per heavy atom. The van der Waals surface area contributed by atoms with E-state index in [-0.39, 0.29) is 6.10 Å². The van der Waals surface area contributed by atoms with Crippen molar-refractivity contribution in [3.8, 4) is 5.75 Å². The van der Waals surface area contributed by atoms with Gasteiger partial charge in [0.05, 0.1) is 6.10 Å². The first-order valence-electron chi connectivity index (χ1n) is 6.24. The molecule has 92 valence electrons. The average molecular weight is 238 g/mol. The molecule has 0 radical (unpaired) electrons. The minimum absolute atomic E-state index is 0.191. The molecule has 0 spiro atoms. The zero-order valence-corrected chi connectivity index (χ0v) is 10.8. The Bertz CT molecular complexity index is 512. The van der Waals surface area contributed by atoms with Crippen LogP contribution in [0.15, 0.2) is 54.6 Å². The number of rotatable bonds is 4. The molecule has 0 aliphatic carbocycles. The van der Waals surface area contributed by atoms with Gasteiger partial charge in [0.1, 0.15) is 5.75 Å². The molecule has 0 amide bonds. The summed E-state index contributed by atoms with van der Waals surface area (Å²) in [6, 6.07) is 18.4. The van der Waals surface area contributed by atoms with Crippen molar-refractivity contribution >= 4 is 12.2 Å². The highest BCUT2D eigenvalue weighted by atomic mass is 16.5. The first-order valence-corrected chi connectivity index (χ1v) is 6.24. The van der Waals surface area contributed by atoms with Gasteiger partial charge in [-0.3, -0.25) is 0 Å². The van der Waals surface area contributed by atoms with Crippen LogP contribution in [0.2, 0.25) is 0 Å². The van der Waals surface area contributed by atoms with Crippen molar-refractivity contribution in [3.05, 3.63) is 65.7 Å². The maximum absolute atomic E-state index is 5.78. The summed E-state index contributed by atoms with van der Waals surface area (Å²) in [6.45, 7) is 4.08. The van der Waals surface area contributed by atoms with E-state index in [1.807, 2.05) is 50.2 Å². The molecule has 0 saturated carbocycles. The van der Waals surface area contributed by atoms with Crippen LogP contribution in [0.1, 0.15) is 25.0 Å². The van der Waals surface area contributed by atoms with Crippen molar-refractivity contribution in [1.82, 2.24) is 0 Å². The summed E-state index contributed by atoms with van der Waals surface area (Å²) >= 11 is 0. The Hall–Kier alpha value is -2.02. The molecule has 0 N–H and O–H groups in total. The first kappa shape index (κ1) is 12.4. The monoisotopic (exact) mass is 238 g/mol. The van der Waals surface area contributed by atoms with Gasteiger partial charge < -0.3 is 4.74 Å². The van der Waals surface area contributed by atoms with Crippen LogP contribution in [0.25, 0.3) is 12.2 Å². The van der Waals surface area contributed by atoms with E-state index >= 15 is 0 Å². The fourth-order valence-electron chi connectivity index (χ4n) is 1.73. The SMILES string of the molecule is CC(C)Oc1ccccc1C=Cc1ccccc1. The van der Waals surface area contributed by atoms with Gasteiger partial charge in [0.25, 0.3) is 0 Å². The molecule has 0 bridgehead atoms. The van der Waals surface area contributed by atoms with Crippen LogP contribution in [-0.4, -0.2) is 6.10 Å². The number of ether oxygens (including phenoxy) is 1. The molecule has 0 aromatic heterocycles. The highest BCUT2D eigenvalue weighted by Crippen LogP contribution is 2.21.